The van der Waals surface area contributed by atoms with Crippen LogP contribution in [0.2, 0.25) is 0 Å². The normalized spacial score (nSPS) is 26.9. The van der Waals surface area contributed by atoms with Gasteiger partial charge in [0.1, 0.15) is 5.82 Å². The molecule has 1 aromatic rings. The lowest BCUT2D eigenvalue weighted by molar-refractivity contribution is -0.142. The van der Waals surface area contributed by atoms with Crippen molar-refractivity contribution in [2.24, 2.45) is 5.92 Å². The lowest BCUT2D eigenvalue weighted by Gasteiger charge is -2.30. The van der Waals surface area contributed by atoms with Gasteiger partial charge in [0.25, 0.3) is 0 Å². The summed E-state index contributed by atoms with van der Waals surface area (Å²) in [5, 5.41) is 9.25. The standard InChI is InChI=1S/C15H23N3O2/c1-10(2)17-7-3-4-13(17)14-16-8-12-6-5-11(15(19)20)9-18(12)14/h8,10-11,13H,3-7,9H2,1-2H3,(H,19,20). The van der Waals surface area contributed by atoms with Gasteiger partial charge in [-0.2, -0.15) is 0 Å². The van der Waals surface area contributed by atoms with Crippen molar-refractivity contribution in [1.29, 1.82) is 0 Å². The molecule has 110 valence electrons. The van der Waals surface area contributed by atoms with Gasteiger partial charge in [0.05, 0.1) is 12.0 Å². The number of rotatable bonds is 3. The molecule has 5 nitrogen and oxygen atoms in total. The summed E-state index contributed by atoms with van der Waals surface area (Å²) in [6.45, 7) is 6.15. The first-order valence-corrected chi connectivity index (χ1v) is 7.60. The largest absolute Gasteiger partial charge is 0.481 e. The average molecular weight is 277 g/mol. The number of hydrogen-bond acceptors (Lipinski definition) is 3. The Labute approximate surface area is 119 Å². The number of aromatic nitrogens is 2. The second kappa shape index (κ2) is 5.20. The van der Waals surface area contributed by atoms with Crippen LogP contribution in [0, 0.1) is 5.92 Å². The minimum absolute atomic E-state index is 0.260. The van der Waals surface area contributed by atoms with Crippen molar-refractivity contribution in [3.63, 3.8) is 0 Å². The number of likely N-dealkylation sites (tertiary alicyclic amines) is 1. The number of carboxylic acid groups (broad SMARTS) is 1. The molecule has 0 saturated carbocycles. The van der Waals surface area contributed by atoms with Gasteiger partial charge < -0.3 is 9.67 Å². The average Bonchev–Trinajstić information content (AvgIpc) is 3.03. The molecule has 0 spiro atoms. The van der Waals surface area contributed by atoms with Gasteiger partial charge in [-0.3, -0.25) is 9.69 Å². The summed E-state index contributed by atoms with van der Waals surface area (Å²) in [6, 6.07) is 0.866. The van der Waals surface area contributed by atoms with Gasteiger partial charge in [0.2, 0.25) is 0 Å². The van der Waals surface area contributed by atoms with E-state index in [0.29, 0.717) is 18.6 Å². The molecule has 2 unspecified atom stereocenters. The zero-order valence-electron chi connectivity index (χ0n) is 12.2. The summed E-state index contributed by atoms with van der Waals surface area (Å²) in [6.07, 6.45) is 5.85. The summed E-state index contributed by atoms with van der Waals surface area (Å²) < 4.78 is 2.17. The van der Waals surface area contributed by atoms with Crippen LogP contribution in [0.4, 0.5) is 0 Å². The van der Waals surface area contributed by atoms with Crippen molar-refractivity contribution >= 4 is 5.97 Å². The lowest BCUT2D eigenvalue weighted by Crippen LogP contribution is -2.34. The molecule has 2 atom stereocenters. The first-order valence-electron chi connectivity index (χ1n) is 7.60. The topological polar surface area (TPSA) is 58.4 Å². The Balaban J connectivity index is 1.89. The summed E-state index contributed by atoms with van der Waals surface area (Å²) in [7, 11) is 0. The number of aryl methyl sites for hydroxylation is 1. The SMILES string of the molecule is CC(C)N1CCCC1c1ncc2n1CC(C(=O)O)CC2. The highest BCUT2D eigenvalue weighted by atomic mass is 16.4. The van der Waals surface area contributed by atoms with Crippen molar-refractivity contribution < 1.29 is 9.90 Å². The molecule has 2 aliphatic heterocycles. The maximum Gasteiger partial charge on any atom is 0.308 e. The van der Waals surface area contributed by atoms with Gasteiger partial charge >= 0.3 is 5.97 Å². The van der Waals surface area contributed by atoms with Crippen molar-refractivity contribution in [2.45, 2.75) is 58.2 Å². The molecule has 0 aromatic carbocycles. The number of fused-ring (bicyclic) bond motifs is 1. The fourth-order valence-electron chi connectivity index (χ4n) is 3.62. The third-order valence-corrected chi connectivity index (χ3v) is 4.73. The van der Waals surface area contributed by atoms with E-state index in [1.165, 1.54) is 12.1 Å². The van der Waals surface area contributed by atoms with Crippen LogP contribution in [0.25, 0.3) is 0 Å². The Bertz CT molecular complexity index is 509. The van der Waals surface area contributed by atoms with Crippen molar-refractivity contribution in [1.82, 2.24) is 14.5 Å². The summed E-state index contributed by atoms with van der Waals surface area (Å²) in [5.41, 5.74) is 1.20. The number of aliphatic carboxylic acids is 1. The molecule has 0 amide bonds. The van der Waals surface area contributed by atoms with Crippen LogP contribution in [0.5, 0.6) is 0 Å². The molecule has 1 aromatic heterocycles. The van der Waals surface area contributed by atoms with Gasteiger partial charge in [0, 0.05) is 24.5 Å². The number of carboxylic acids is 1. The minimum Gasteiger partial charge on any atom is -0.481 e. The highest BCUT2D eigenvalue weighted by Gasteiger charge is 2.34. The summed E-state index contributed by atoms with van der Waals surface area (Å²) in [5.74, 6) is 0.143. The Kier molecular flexibility index (Phi) is 3.54. The van der Waals surface area contributed by atoms with Crippen LogP contribution < -0.4 is 0 Å². The third-order valence-electron chi connectivity index (χ3n) is 4.73. The van der Waals surface area contributed by atoms with E-state index in [1.54, 1.807) is 0 Å². The van der Waals surface area contributed by atoms with Crippen LogP contribution in [0.3, 0.4) is 0 Å². The predicted octanol–water partition coefficient (Wildman–Crippen LogP) is 2.08. The van der Waals surface area contributed by atoms with Crippen LogP contribution in [0.1, 0.15) is 50.7 Å². The number of carbonyl (C=O) groups is 1. The van der Waals surface area contributed by atoms with E-state index in [9.17, 15) is 9.90 Å². The van der Waals surface area contributed by atoms with E-state index < -0.39 is 5.97 Å². The van der Waals surface area contributed by atoms with E-state index >= 15 is 0 Å². The number of imidazole rings is 1. The van der Waals surface area contributed by atoms with Crippen LogP contribution in [-0.4, -0.2) is 38.1 Å². The van der Waals surface area contributed by atoms with E-state index in [2.05, 4.69) is 28.3 Å². The lowest BCUT2D eigenvalue weighted by atomic mass is 9.98. The summed E-state index contributed by atoms with van der Waals surface area (Å²) >= 11 is 0. The molecule has 20 heavy (non-hydrogen) atoms. The maximum absolute atomic E-state index is 11.2. The number of nitrogens with zero attached hydrogens (tertiary/aromatic N) is 3. The molecule has 1 saturated heterocycles. The molecule has 0 aliphatic carbocycles. The second-order valence-corrected chi connectivity index (χ2v) is 6.28. The molecule has 3 rings (SSSR count). The van der Waals surface area contributed by atoms with Crippen molar-refractivity contribution in [3.8, 4) is 0 Å². The van der Waals surface area contributed by atoms with E-state index in [1.807, 2.05) is 6.20 Å². The quantitative estimate of drug-likeness (QED) is 0.919. The Hall–Kier alpha value is -1.36. The van der Waals surface area contributed by atoms with Crippen LogP contribution >= 0.6 is 0 Å². The Morgan fingerprint density at radius 2 is 2.25 bits per heavy atom. The van der Waals surface area contributed by atoms with E-state index in [-0.39, 0.29) is 5.92 Å². The molecular weight excluding hydrogens is 254 g/mol. The monoisotopic (exact) mass is 277 g/mol. The predicted molar refractivity (Wildman–Crippen MR) is 75.5 cm³/mol. The molecule has 0 radical (unpaired) electrons. The third kappa shape index (κ3) is 2.24. The Morgan fingerprint density at radius 3 is 2.95 bits per heavy atom. The van der Waals surface area contributed by atoms with Crippen LogP contribution in [0.15, 0.2) is 6.20 Å². The van der Waals surface area contributed by atoms with Gasteiger partial charge in [-0.25, -0.2) is 4.98 Å². The molecule has 1 N–H and O–H groups in total. The summed E-state index contributed by atoms with van der Waals surface area (Å²) in [4.78, 5) is 18.4. The highest BCUT2D eigenvalue weighted by Crippen LogP contribution is 2.35. The second-order valence-electron chi connectivity index (χ2n) is 6.28. The van der Waals surface area contributed by atoms with Crippen molar-refractivity contribution in [2.75, 3.05) is 6.54 Å². The number of hydrogen-bond donors (Lipinski definition) is 1. The smallest absolute Gasteiger partial charge is 0.308 e. The first-order chi connectivity index (χ1) is 9.58. The van der Waals surface area contributed by atoms with Gasteiger partial charge in [-0.05, 0) is 46.1 Å². The first kappa shape index (κ1) is 13.6. The maximum atomic E-state index is 11.2. The highest BCUT2D eigenvalue weighted by molar-refractivity contribution is 5.70. The fraction of sp³-hybridized carbons (Fsp3) is 0.733. The zero-order valence-corrected chi connectivity index (χ0v) is 12.2. The fourth-order valence-corrected chi connectivity index (χ4v) is 3.62. The van der Waals surface area contributed by atoms with Crippen molar-refractivity contribution in [3.05, 3.63) is 17.7 Å². The van der Waals surface area contributed by atoms with Crippen LogP contribution in [-0.2, 0) is 17.8 Å². The molecule has 2 aliphatic rings. The Morgan fingerprint density at radius 1 is 1.45 bits per heavy atom. The molecular formula is C15H23N3O2. The molecule has 5 heteroatoms. The molecule has 3 heterocycles. The van der Waals surface area contributed by atoms with Gasteiger partial charge in [0.15, 0.2) is 0 Å². The van der Waals surface area contributed by atoms with Gasteiger partial charge in [-0.1, -0.05) is 0 Å². The zero-order chi connectivity index (χ0) is 14.3. The molecule has 1 fully saturated rings. The van der Waals surface area contributed by atoms with E-state index in [0.717, 1.165) is 31.6 Å². The minimum atomic E-state index is -0.678. The molecule has 0 bridgehead atoms. The van der Waals surface area contributed by atoms with Gasteiger partial charge in [-0.15, -0.1) is 0 Å². The van der Waals surface area contributed by atoms with E-state index in [4.69, 9.17) is 0 Å².